The number of hydrogen-bond acceptors (Lipinski definition) is 4. The fourth-order valence-corrected chi connectivity index (χ4v) is 3.05. The molecule has 0 saturated carbocycles. The van der Waals surface area contributed by atoms with Gasteiger partial charge >= 0.3 is 0 Å². The van der Waals surface area contributed by atoms with Gasteiger partial charge in [-0.1, -0.05) is 48.5 Å². The second-order valence-corrected chi connectivity index (χ2v) is 5.86. The lowest BCUT2D eigenvalue weighted by molar-refractivity contribution is 0.928. The van der Waals surface area contributed by atoms with Crippen molar-refractivity contribution in [3.8, 4) is 6.19 Å². The first-order valence-corrected chi connectivity index (χ1v) is 7.92. The molecule has 1 heterocycles. The Hall–Kier alpha value is -2.64. The third kappa shape index (κ3) is 3.51. The second-order valence-electron chi connectivity index (χ2n) is 4.92. The van der Waals surface area contributed by atoms with Crippen LogP contribution in [0.1, 0.15) is 16.3 Å². The van der Waals surface area contributed by atoms with Gasteiger partial charge in [0.1, 0.15) is 0 Å². The Bertz CT molecular complexity index is 760. The number of anilines is 1. The van der Waals surface area contributed by atoms with Crippen molar-refractivity contribution in [2.24, 2.45) is 0 Å². The van der Waals surface area contributed by atoms with Gasteiger partial charge in [0.15, 0.2) is 6.19 Å². The fraction of sp³-hybridized carbons (Fsp3) is 0.111. The van der Waals surface area contributed by atoms with Crippen molar-refractivity contribution in [2.45, 2.75) is 13.0 Å². The highest BCUT2D eigenvalue weighted by Gasteiger charge is 2.09. The minimum absolute atomic E-state index is 0.506. The number of thiazole rings is 1. The first kappa shape index (κ1) is 14.3. The molecule has 22 heavy (non-hydrogen) atoms. The van der Waals surface area contributed by atoms with Crippen LogP contribution in [0.3, 0.4) is 0 Å². The smallest absolute Gasteiger partial charge is 0.184 e. The van der Waals surface area contributed by atoms with Crippen molar-refractivity contribution in [2.75, 3.05) is 4.90 Å². The lowest BCUT2D eigenvalue weighted by Crippen LogP contribution is -2.15. The van der Waals surface area contributed by atoms with E-state index in [1.807, 2.05) is 53.9 Å². The van der Waals surface area contributed by atoms with Crippen LogP contribution >= 0.6 is 11.3 Å². The molecule has 0 aliphatic carbocycles. The van der Waals surface area contributed by atoms with Crippen molar-refractivity contribution < 1.29 is 0 Å². The molecule has 4 heteroatoms. The van der Waals surface area contributed by atoms with E-state index < -0.39 is 0 Å². The molecular formula is C18H15N3S. The lowest BCUT2D eigenvalue weighted by atomic mass is 10.2. The normalized spacial score (nSPS) is 10.1. The first-order valence-electron chi connectivity index (χ1n) is 7.04. The third-order valence-corrected chi connectivity index (χ3v) is 4.20. The second kappa shape index (κ2) is 6.88. The maximum Gasteiger partial charge on any atom is 0.184 e. The van der Waals surface area contributed by atoms with Crippen LogP contribution in [-0.4, -0.2) is 4.98 Å². The van der Waals surface area contributed by atoms with Gasteiger partial charge in [0.05, 0.1) is 22.9 Å². The van der Waals surface area contributed by atoms with E-state index in [9.17, 15) is 5.26 Å². The molecule has 0 unspecified atom stereocenters. The summed E-state index contributed by atoms with van der Waals surface area (Å²) < 4.78 is 0. The van der Waals surface area contributed by atoms with Crippen LogP contribution in [0.25, 0.3) is 0 Å². The largest absolute Gasteiger partial charge is 0.273 e. The number of benzene rings is 2. The standard InChI is InChI=1S/C18H15N3S/c19-14-21(17-9-5-2-6-10-17)12-16-13-22-18(20-16)11-15-7-3-1-4-8-15/h1-10,13H,11-12H2. The Labute approximate surface area is 134 Å². The molecule has 1 aromatic heterocycles. The minimum Gasteiger partial charge on any atom is -0.273 e. The Morgan fingerprint density at radius 3 is 2.36 bits per heavy atom. The molecule has 3 nitrogen and oxygen atoms in total. The molecule has 3 rings (SSSR count). The SMILES string of the molecule is N#CN(Cc1csc(Cc2ccccc2)n1)c1ccccc1. The van der Waals surface area contributed by atoms with Crippen LogP contribution in [0.15, 0.2) is 66.0 Å². The average molecular weight is 305 g/mol. The summed E-state index contributed by atoms with van der Waals surface area (Å²) in [6.07, 6.45) is 3.06. The molecule has 0 N–H and O–H groups in total. The molecule has 2 aromatic carbocycles. The summed E-state index contributed by atoms with van der Waals surface area (Å²) in [6, 6.07) is 20.0. The van der Waals surface area contributed by atoms with Crippen LogP contribution < -0.4 is 4.90 Å². The molecular weight excluding hydrogens is 290 g/mol. The summed E-state index contributed by atoms with van der Waals surface area (Å²) in [5.41, 5.74) is 3.08. The number of aromatic nitrogens is 1. The molecule has 3 aromatic rings. The van der Waals surface area contributed by atoms with Crippen LogP contribution in [0.4, 0.5) is 5.69 Å². The molecule has 0 aliphatic heterocycles. The molecule has 0 amide bonds. The predicted molar refractivity (Wildman–Crippen MR) is 89.6 cm³/mol. The van der Waals surface area contributed by atoms with Crippen LogP contribution in [0.2, 0.25) is 0 Å². The summed E-state index contributed by atoms with van der Waals surface area (Å²) in [6.45, 7) is 0.506. The lowest BCUT2D eigenvalue weighted by Gasteiger charge is -2.13. The van der Waals surface area contributed by atoms with Gasteiger partial charge in [-0.2, -0.15) is 5.26 Å². The van der Waals surface area contributed by atoms with Gasteiger partial charge in [-0.3, -0.25) is 4.90 Å². The Balaban J connectivity index is 1.70. The van der Waals surface area contributed by atoms with E-state index >= 15 is 0 Å². The van der Waals surface area contributed by atoms with Crippen molar-refractivity contribution >= 4 is 17.0 Å². The molecule has 0 radical (unpaired) electrons. The fourth-order valence-electron chi connectivity index (χ4n) is 2.23. The number of para-hydroxylation sites is 1. The molecule has 0 spiro atoms. The number of rotatable bonds is 5. The van der Waals surface area contributed by atoms with Gasteiger partial charge in [-0.25, -0.2) is 4.98 Å². The van der Waals surface area contributed by atoms with Crippen molar-refractivity contribution in [3.63, 3.8) is 0 Å². The summed E-state index contributed by atoms with van der Waals surface area (Å²) in [4.78, 5) is 6.30. The maximum absolute atomic E-state index is 9.33. The highest BCUT2D eigenvalue weighted by atomic mass is 32.1. The molecule has 0 bridgehead atoms. The zero-order valence-corrected chi connectivity index (χ0v) is 12.8. The van der Waals surface area contributed by atoms with Gasteiger partial charge in [0, 0.05) is 11.8 Å². The topological polar surface area (TPSA) is 39.9 Å². The summed E-state index contributed by atoms with van der Waals surface area (Å²) in [7, 11) is 0. The molecule has 0 saturated heterocycles. The number of nitrogens with zero attached hydrogens (tertiary/aromatic N) is 3. The summed E-state index contributed by atoms with van der Waals surface area (Å²) >= 11 is 1.64. The van der Waals surface area contributed by atoms with E-state index in [0.717, 1.165) is 22.8 Å². The molecule has 0 aliphatic rings. The number of hydrogen-bond donors (Lipinski definition) is 0. The quantitative estimate of drug-likeness (QED) is 0.523. The molecule has 0 fully saturated rings. The van der Waals surface area contributed by atoms with E-state index in [1.165, 1.54) is 5.56 Å². The van der Waals surface area contributed by atoms with Gasteiger partial charge in [-0.05, 0) is 17.7 Å². The first-order chi connectivity index (χ1) is 10.8. The monoisotopic (exact) mass is 305 g/mol. The third-order valence-electron chi connectivity index (χ3n) is 3.31. The van der Waals surface area contributed by atoms with Gasteiger partial charge in [0.2, 0.25) is 0 Å². The van der Waals surface area contributed by atoms with Crippen molar-refractivity contribution in [3.05, 3.63) is 82.3 Å². The van der Waals surface area contributed by atoms with Crippen molar-refractivity contribution in [1.29, 1.82) is 5.26 Å². The van der Waals surface area contributed by atoms with Gasteiger partial charge < -0.3 is 0 Å². The van der Waals surface area contributed by atoms with E-state index in [0.29, 0.717) is 6.54 Å². The highest BCUT2D eigenvalue weighted by Crippen LogP contribution is 2.19. The van der Waals surface area contributed by atoms with Crippen molar-refractivity contribution in [1.82, 2.24) is 4.98 Å². The summed E-state index contributed by atoms with van der Waals surface area (Å²) in [5, 5.41) is 12.4. The predicted octanol–water partition coefficient (Wildman–Crippen LogP) is 4.22. The van der Waals surface area contributed by atoms with E-state index in [1.54, 1.807) is 16.2 Å². The van der Waals surface area contributed by atoms with E-state index in [4.69, 9.17) is 0 Å². The molecule has 108 valence electrons. The van der Waals surface area contributed by atoms with Crippen LogP contribution in [0.5, 0.6) is 0 Å². The Morgan fingerprint density at radius 2 is 1.68 bits per heavy atom. The molecule has 0 atom stereocenters. The van der Waals surface area contributed by atoms with Crippen LogP contribution in [-0.2, 0) is 13.0 Å². The van der Waals surface area contributed by atoms with Gasteiger partial charge in [0.25, 0.3) is 0 Å². The Kier molecular flexibility index (Phi) is 4.47. The highest BCUT2D eigenvalue weighted by molar-refractivity contribution is 7.09. The van der Waals surface area contributed by atoms with Crippen LogP contribution in [0, 0.1) is 11.5 Å². The number of nitriles is 1. The summed E-state index contributed by atoms with van der Waals surface area (Å²) in [5.74, 6) is 0. The van der Waals surface area contributed by atoms with Gasteiger partial charge in [-0.15, -0.1) is 11.3 Å². The van der Waals surface area contributed by atoms with E-state index in [-0.39, 0.29) is 0 Å². The zero-order chi connectivity index (χ0) is 15.2. The zero-order valence-electron chi connectivity index (χ0n) is 12.0. The average Bonchev–Trinajstić information content (AvgIpc) is 3.01. The Morgan fingerprint density at radius 1 is 1.00 bits per heavy atom. The van der Waals surface area contributed by atoms with E-state index in [2.05, 4.69) is 23.3 Å². The maximum atomic E-state index is 9.33. The minimum atomic E-state index is 0.506.